The van der Waals surface area contributed by atoms with E-state index in [0.717, 1.165) is 0 Å². The van der Waals surface area contributed by atoms with Crippen LogP contribution in [0.15, 0.2) is 4.99 Å². The van der Waals surface area contributed by atoms with E-state index in [1.54, 1.807) is 0 Å². The van der Waals surface area contributed by atoms with E-state index in [1.807, 2.05) is 11.8 Å². The van der Waals surface area contributed by atoms with Gasteiger partial charge in [0.1, 0.15) is 6.04 Å². The lowest BCUT2D eigenvalue weighted by Crippen LogP contribution is -2.56. The maximum absolute atomic E-state index is 12.8. The minimum Gasteiger partial charge on any atom is -0.469 e. The molecule has 1 unspecified atom stereocenters. The first kappa shape index (κ1) is 19.5. The molecular weight excluding hydrogens is 313 g/mol. The van der Waals surface area contributed by atoms with Gasteiger partial charge in [0.2, 0.25) is 0 Å². The highest BCUT2D eigenvalue weighted by Crippen LogP contribution is 2.25. The topological polar surface area (TPSA) is 57.2 Å². The van der Waals surface area contributed by atoms with Gasteiger partial charge in [-0.3, -0.25) is 14.7 Å². The van der Waals surface area contributed by atoms with E-state index in [0.29, 0.717) is 38.7 Å². The number of nitrogens with one attached hydrogen (secondary N) is 1. The first-order valence-corrected chi connectivity index (χ1v) is 7.70. The maximum Gasteiger partial charge on any atom is 0.403 e. The Morgan fingerprint density at radius 2 is 1.91 bits per heavy atom. The third kappa shape index (κ3) is 6.25. The molecule has 134 valence electrons. The fourth-order valence-corrected chi connectivity index (χ4v) is 2.31. The van der Waals surface area contributed by atoms with Crippen molar-refractivity contribution in [2.45, 2.75) is 32.5 Å². The molecule has 0 bridgehead atoms. The molecule has 23 heavy (non-hydrogen) atoms. The summed E-state index contributed by atoms with van der Waals surface area (Å²) in [4.78, 5) is 18.8. The van der Waals surface area contributed by atoms with E-state index in [1.165, 1.54) is 18.9 Å². The van der Waals surface area contributed by atoms with Gasteiger partial charge in [0, 0.05) is 32.7 Å². The first-order chi connectivity index (χ1) is 10.8. The van der Waals surface area contributed by atoms with Crippen LogP contribution in [0.25, 0.3) is 0 Å². The summed E-state index contributed by atoms with van der Waals surface area (Å²) >= 11 is 0. The van der Waals surface area contributed by atoms with Crippen molar-refractivity contribution in [2.75, 3.05) is 46.4 Å². The number of piperazine rings is 1. The first-order valence-electron chi connectivity index (χ1n) is 7.70. The molecule has 0 amide bonds. The number of ether oxygens (including phenoxy) is 1. The molecule has 9 heteroatoms. The van der Waals surface area contributed by atoms with Gasteiger partial charge in [-0.1, -0.05) is 0 Å². The fraction of sp³-hybridized carbons (Fsp3) is 0.857. The normalized spacial score (nSPS) is 18.7. The van der Waals surface area contributed by atoms with Crippen molar-refractivity contribution in [3.05, 3.63) is 0 Å². The predicted molar refractivity (Wildman–Crippen MR) is 81.3 cm³/mol. The molecule has 1 N–H and O–H groups in total. The summed E-state index contributed by atoms with van der Waals surface area (Å²) in [5.74, 6) is 0.282. The highest BCUT2D eigenvalue weighted by molar-refractivity contribution is 5.80. The largest absolute Gasteiger partial charge is 0.469 e. The Morgan fingerprint density at radius 3 is 2.39 bits per heavy atom. The molecule has 0 aromatic heterocycles. The van der Waals surface area contributed by atoms with Crippen LogP contribution in [0.4, 0.5) is 13.2 Å². The van der Waals surface area contributed by atoms with E-state index in [2.05, 4.69) is 15.0 Å². The van der Waals surface area contributed by atoms with Crippen LogP contribution in [0, 0.1) is 0 Å². The Hall–Kier alpha value is -1.51. The Kier molecular flexibility index (Phi) is 7.60. The quantitative estimate of drug-likeness (QED) is 0.462. The number of aliphatic imine (C=N–C) groups is 1. The summed E-state index contributed by atoms with van der Waals surface area (Å²) in [7, 11) is 1.32. The number of carbonyl (C=O) groups is 1. The molecule has 0 aromatic carbocycles. The Balaban J connectivity index is 2.56. The van der Waals surface area contributed by atoms with Gasteiger partial charge < -0.3 is 15.0 Å². The number of guanidine groups is 1. The number of nitrogens with zero attached hydrogens (tertiary/aromatic N) is 3. The molecule has 1 aliphatic rings. The molecule has 1 atom stereocenters. The van der Waals surface area contributed by atoms with Gasteiger partial charge in [-0.25, -0.2) is 0 Å². The summed E-state index contributed by atoms with van der Waals surface area (Å²) in [6, 6.07) is -1.44. The molecule has 0 aromatic rings. The molecule has 0 aliphatic carbocycles. The molecule has 1 aliphatic heterocycles. The van der Waals surface area contributed by atoms with Crippen molar-refractivity contribution in [1.82, 2.24) is 15.1 Å². The van der Waals surface area contributed by atoms with E-state index in [4.69, 9.17) is 0 Å². The molecule has 1 fully saturated rings. The standard InChI is InChI=1S/C14H25F3N4O2/c1-4-18-13(19-6-5-12(22)23-3)21-9-7-20(8-10-21)11(2)14(15,16)17/h11H,4-10H2,1-3H3,(H,18,19). The van der Waals surface area contributed by atoms with Crippen molar-refractivity contribution < 1.29 is 22.7 Å². The summed E-state index contributed by atoms with van der Waals surface area (Å²) in [6.45, 7) is 5.60. The van der Waals surface area contributed by atoms with Gasteiger partial charge in [-0.2, -0.15) is 13.2 Å². The zero-order valence-electron chi connectivity index (χ0n) is 13.8. The Bertz CT molecular complexity index is 407. The van der Waals surface area contributed by atoms with Crippen molar-refractivity contribution in [1.29, 1.82) is 0 Å². The number of hydrogen-bond acceptors (Lipinski definition) is 4. The highest BCUT2D eigenvalue weighted by Gasteiger charge is 2.41. The number of esters is 1. The monoisotopic (exact) mass is 338 g/mol. The van der Waals surface area contributed by atoms with Crippen LogP contribution < -0.4 is 5.32 Å². The lowest BCUT2D eigenvalue weighted by molar-refractivity contribution is -0.181. The smallest absolute Gasteiger partial charge is 0.403 e. The van der Waals surface area contributed by atoms with Gasteiger partial charge in [-0.05, 0) is 13.8 Å². The van der Waals surface area contributed by atoms with Gasteiger partial charge >= 0.3 is 12.1 Å². The van der Waals surface area contributed by atoms with Crippen LogP contribution in [-0.4, -0.2) is 80.3 Å². The summed E-state index contributed by atoms with van der Waals surface area (Å²) < 4.78 is 42.8. The van der Waals surface area contributed by atoms with Gasteiger partial charge in [0.05, 0.1) is 20.1 Å². The molecule has 0 radical (unpaired) electrons. The van der Waals surface area contributed by atoms with E-state index in [-0.39, 0.29) is 18.9 Å². The van der Waals surface area contributed by atoms with Crippen molar-refractivity contribution >= 4 is 11.9 Å². The Morgan fingerprint density at radius 1 is 1.30 bits per heavy atom. The number of carbonyl (C=O) groups excluding carboxylic acids is 1. The second-order valence-electron chi connectivity index (χ2n) is 5.30. The molecule has 0 saturated carbocycles. The highest BCUT2D eigenvalue weighted by atomic mass is 19.4. The third-order valence-electron chi connectivity index (χ3n) is 3.78. The zero-order chi connectivity index (χ0) is 17.5. The second kappa shape index (κ2) is 8.95. The average molecular weight is 338 g/mol. The van der Waals surface area contributed by atoms with Crippen molar-refractivity contribution in [3.8, 4) is 0 Å². The van der Waals surface area contributed by atoms with Crippen LogP contribution in [0.1, 0.15) is 20.3 Å². The van der Waals surface area contributed by atoms with Crippen LogP contribution >= 0.6 is 0 Å². The SMILES string of the molecule is CCNC(=NCCC(=O)OC)N1CCN(C(C)C(F)(F)F)CC1. The number of rotatable bonds is 5. The van der Waals surface area contributed by atoms with Crippen molar-refractivity contribution in [3.63, 3.8) is 0 Å². The number of alkyl halides is 3. The van der Waals surface area contributed by atoms with Gasteiger partial charge in [0.15, 0.2) is 5.96 Å². The minimum atomic E-state index is -4.21. The lowest BCUT2D eigenvalue weighted by atomic mass is 10.2. The lowest BCUT2D eigenvalue weighted by Gasteiger charge is -2.39. The third-order valence-corrected chi connectivity index (χ3v) is 3.78. The zero-order valence-corrected chi connectivity index (χ0v) is 13.8. The van der Waals surface area contributed by atoms with E-state index in [9.17, 15) is 18.0 Å². The minimum absolute atomic E-state index is 0.177. The van der Waals surface area contributed by atoms with Crippen LogP contribution in [0.5, 0.6) is 0 Å². The second-order valence-corrected chi connectivity index (χ2v) is 5.30. The molecule has 6 nitrogen and oxygen atoms in total. The number of hydrogen-bond donors (Lipinski definition) is 1. The summed E-state index contributed by atoms with van der Waals surface area (Å²) in [5.41, 5.74) is 0. The van der Waals surface area contributed by atoms with Crippen LogP contribution in [-0.2, 0) is 9.53 Å². The maximum atomic E-state index is 12.8. The fourth-order valence-electron chi connectivity index (χ4n) is 2.31. The van der Waals surface area contributed by atoms with Crippen LogP contribution in [0.2, 0.25) is 0 Å². The molecule has 0 spiro atoms. The number of halogens is 3. The molecule has 1 heterocycles. The number of methoxy groups -OCH3 is 1. The Labute approximate surface area is 134 Å². The van der Waals surface area contributed by atoms with Crippen molar-refractivity contribution in [2.24, 2.45) is 4.99 Å². The molecular formula is C14H25F3N4O2. The van der Waals surface area contributed by atoms with E-state index >= 15 is 0 Å². The molecule has 1 saturated heterocycles. The van der Waals surface area contributed by atoms with Gasteiger partial charge in [0.25, 0.3) is 0 Å². The predicted octanol–water partition coefficient (Wildman–Crippen LogP) is 1.08. The van der Waals surface area contributed by atoms with Crippen LogP contribution in [0.3, 0.4) is 0 Å². The average Bonchev–Trinajstić information content (AvgIpc) is 2.52. The van der Waals surface area contributed by atoms with Gasteiger partial charge in [-0.15, -0.1) is 0 Å². The summed E-state index contributed by atoms with van der Waals surface area (Å²) in [5, 5.41) is 3.10. The molecule has 1 rings (SSSR count). The van der Waals surface area contributed by atoms with E-state index < -0.39 is 12.2 Å². The summed E-state index contributed by atoms with van der Waals surface area (Å²) in [6.07, 6.45) is -4.03.